The van der Waals surface area contributed by atoms with E-state index in [1.165, 1.54) is 0 Å². The van der Waals surface area contributed by atoms with E-state index >= 15 is 0 Å². The van der Waals surface area contributed by atoms with Crippen LogP contribution in [-0.4, -0.2) is 59.4 Å². The fourth-order valence-electron chi connectivity index (χ4n) is 2.85. The topological polar surface area (TPSA) is 56.6 Å². The number of imidazole rings is 1. The summed E-state index contributed by atoms with van der Waals surface area (Å²) in [6.45, 7) is 6.62. The van der Waals surface area contributed by atoms with Crippen LogP contribution in [0.2, 0.25) is 0 Å². The van der Waals surface area contributed by atoms with Crippen LogP contribution in [0.4, 0.5) is 0 Å². The maximum atomic E-state index is 11.7. The van der Waals surface area contributed by atoms with Gasteiger partial charge < -0.3 is 14.0 Å². The van der Waals surface area contributed by atoms with E-state index in [1.807, 2.05) is 6.92 Å². The van der Waals surface area contributed by atoms with Gasteiger partial charge in [0, 0.05) is 25.7 Å². The molecule has 1 saturated heterocycles. The lowest BCUT2D eigenvalue weighted by Crippen LogP contribution is -2.45. The van der Waals surface area contributed by atoms with Crippen molar-refractivity contribution >= 4 is 34.6 Å². The molecule has 0 saturated carbocycles. The van der Waals surface area contributed by atoms with E-state index in [0.717, 1.165) is 48.1 Å². The second-order valence-electron chi connectivity index (χ2n) is 5.37. The number of carbonyl (C=O) groups is 1. The molecule has 1 fully saturated rings. The van der Waals surface area contributed by atoms with Crippen LogP contribution >= 0.6 is 22.6 Å². The van der Waals surface area contributed by atoms with E-state index in [4.69, 9.17) is 9.47 Å². The van der Waals surface area contributed by atoms with E-state index in [1.54, 1.807) is 0 Å². The molecule has 3 rings (SSSR count). The summed E-state index contributed by atoms with van der Waals surface area (Å²) in [5.41, 5.74) is 0.807. The number of carbonyl (C=O) groups excluding carboxylic acids is 1. The number of morpholine rings is 1. The summed E-state index contributed by atoms with van der Waals surface area (Å²) < 4.78 is 13.7. The Bertz CT molecular complexity index is 579. The first-order valence-corrected chi connectivity index (χ1v) is 8.67. The zero-order chi connectivity index (χ0) is 15.5. The smallest absolute Gasteiger partial charge is 0.311 e. The third-order valence-corrected chi connectivity index (χ3v) is 5.18. The lowest BCUT2D eigenvalue weighted by Gasteiger charge is -2.34. The average Bonchev–Trinajstić information content (AvgIpc) is 2.84. The summed E-state index contributed by atoms with van der Waals surface area (Å²) in [5, 5.41) is 0. The van der Waals surface area contributed by atoms with E-state index < -0.39 is 0 Å². The van der Waals surface area contributed by atoms with Crippen molar-refractivity contribution in [3.05, 3.63) is 21.3 Å². The van der Waals surface area contributed by atoms with Gasteiger partial charge in [0.25, 0.3) is 0 Å². The lowest BCUT2D eigenvalue weighted by molar-refractivity contribution is -0.142. The van der Waals surface area contributed by atoms with Crippen molar-refractivity contribution < 1.29 is 14.3 Å². The Kier molecular flexibility index (Phi) is 5.14. The van der Waals surface area contributed by atoms with Crippen LogP contribution in [0, 0.1) is 3.70 Å². The molecule has 22 heavy (non-hydrogen) atoms. The highest BCUT2D eigenvalue weighted by molar-refractivity contribution is 14.1. The molecule has 0 amide bonds. The first-order chi connectivity index (χ1) is 10.7. The third-order valence-electron chi connectivity index (χ3n) is 3.97. The molecule has 7 heteroatoms. The standard InChI is InChI=1S/C15H20IN3O3/c1-2-22-14(20)9-12-15(16)19-10-11(3-4-13(19)17-12)18-5-7-21-8-6-18/h3-4,11H,2,5-10H2,1H3. The molecule has 0 radical (unpaired) electrons. The molecule has 1 aromatic heterocycles. The van der Waals surface area contributed by atoms with Crippen LogP contribution in [0.5, 0.6) is 0 Å². The minimum atomic E-state index is -0.218. The summed E-state index contributed by atoms with van der Waals surface area (Å²) in [5.74, 6) is 0.706. The lowest BCUT2D eigenvalue weighted by atomic mass is 10.1. The Hall–Kier alpha value is -0.930. The van der Waals surface area contributed by atoms with Gasteiger partial charge in [0.1, 0.15) is 9.53 Å². The van der Waals surface area contributed by atoms with Gasteiger partial charge in [-0.05, 0) is 35.6 Å². The normalized spacial score (nSPS) is 21.6. The van der Waals surface area contributed by atoms with Crippen LogP contribution < -0.4 is 0 Å². The molecular formula is C15H20IN3O3. The summed E-state index contributed by atoms with van der Waals surface area (Å²) in [6, 6.07) is 0.370. The average molecular weight is 417 g/mol. The fraction of sp³-hybridized carbons (Fsp3) is 0.600. The van der Waals surface area contributed by atoms with Gasteiger partial charge in [0.2, 0.25) is 0 Å². The Labute approximate surface area is 143 Å². The van der Waals surface area contributed by atoms with Crippen molar-refractivity contribution in [1.29, 1.82) is 0 Å². The van der Waals surface area contributed by atoms with Gasteiger partial charge in [-0.25, -0.2) is 4.98 Å². The molecule has 0 N–H and O–H groups in total. The van der Waals surface area contributed by atoms with E-state index in [-0.39, 0.29) is 12.4 Å². The van der Waals surface area contributed by atoms with Gasteiger partial charge in [0.05, 0.1) is 31.9 Å². The van der Waals surface area contributed by atoms with Crippen molar-refractivity contribution in [3.63, 3.8) is 0 Å². The van der Waals surface area contributed by atoms with Gasteiger partial charge in [-0.15, -0.1) is 0 Å². The number of hydrogen-bond donors (Lipinski definition) is 0. The van der Waals surface area contributed by atoms with E-state index in [9.17, 15) is 4.79 Å². The third kappa shape index (κ3) is 3.36. The number of halogens is 1. The molecular weight excluding hydrogens is 397 g/mol. The van der Waals surface area contributed by atoms with Gasteiger partial charge in [-0.2, -0.15) is 0 Å². The van der Waals surface area contributed by atoms with Gasteiger partial charge >= 0.3 is 5.97 Å². The fourth-order valence-corrected chi connectivity index (χ4v) is 3.61. The van der Waals surface area contributed by atoms with Crippen molar-refractivity contribution in [3.8, 4) is 0 Å². The van der Waals surface area contributed by atoms with Crippen molar-refractivity contribution in [2.45, 2.75) is 25.9 Å². The molecule has 0 aliphatic carbocycles. The Morgan fingerprint density at radius 3 is 3.00 bits per heavy atom. The van der Waals surface area contributed by atoms with Crippen molar-refractivity contribution in [2.75, 3.05) is 32.9 Å². The Morgan fingerprint density at radius 2 is 2.27 bits per heavy atom. The zero-order valence-corrected chi connectivity index (χ0v) is 14.8. The predicted octanol–water partition coefficient (Wildman–Crippen LogP) is 1.32. The second-order valence-corrected chi connectivity index (χ2v) is 6.40. The van der Waals surface area contributed by atoms with Gasteiger partial charge in [-0.3, -0.25) is 9.69 Å². The predicted molar refractivity (Wildman–Crippen MR) is 90.5 cm³/mol. The zero-order valence-electron chi connectivity index (χ0n) is 12.6. The second kappa shape index (κ2) is 7.10. The Balaban J connectivity index is 1.73. The molecule has 1 unspecified atom stereocenters. The van der Waals surface area contributed by atoms with Crippen LogP contribution in [0.15, 0.2) is 6.08 Å². The molecule has 0 spiro atoms. The molecule has 0 aromatic carbocycles. The quantitative estimate of drug-likeness (QED) is 0.547. The molecule has 1 atom stereocenters. The van der Waals surface area contributed by atoms with Crippen LogP contribution in [0.25, 0.3) is 6.08 Å². The largest absolute Gasteiger partial charge is 0.466 e. The number of rotatable bonds is 4. The van der Waals surface area contributed by atoms with Gasteiger partial charge in [0.15, 0.2) is 0 Å². The molecule has 1 aromatic rings. The number of aromatic nitrogens is 2. The summed E-state index contributed by atoms with van der Waals surface area (Å²) in [6.07, 6.45) is 4.50. The minimum absolute atomic E-state index is 0.218. The van der Waals surface area contributed by atoms with E-state index in [0.29, 0.717) is 12.6 Å². The highest BCUT2D eigenvalue weighted by Gasteiger charge is 2.26. The maximum Gasteiger partial charge on any atom is 0.311 e. The number of nitrogens with zero attached hydrogens (tertiary/aromatic N) is 3. The monoisotopic (exact) mass is 417 g/mol. The molecule has 0 bridgehead atoms. The summed E-state index contributed by atoms with van der Waals surface area (Å²) >= 11 is 2.28. The SMILES string of the molecule is CCOC(=O)Cc1nc2n(c1I)CC(N1CCOCC1)C=C2. The summed E-state index contributed by atoms with van der Waals surface area (Å²) in [7, 11) is 0. The molecule has 3 heterocycles. The van der Waals surface area contributed by atoms with Crippen LogP contribution in [0.1, 0.15) is 18.4 Å². The highest BCUT2D eigenvalue weighted by atomic mass is 127. The van der Waals surface area contributed by atoms with Crippen LogP contribution in [0.3, 0.4) is 0 Å². The first kappa shape index (κ1) is 15.9. The number of fused-ring (bicyclic) bond motifs is 1. The number of ether oxygens (including phenoxy) is 2. The molecule has 2 aliphatic heterocycles. The van der Waals surface area contributed by atoms with Gasteiger partial charge in [-0.1, -0.05) is 6.08 Å². The number of esters is 1. The highest BCUT2D eigenvalue weighted by Crippen LogP contribution is 2.23. The van der Waals surface area contributed by atoms with Crippen molar-refractivity contribution in [2.24, 2.45) is 0 Å². The van der Waals surface area contributed by atoms with E-state index in [2.05, 4.69) is 49.2 Å². The first-order valence-electron chi connectivity index (χ1n) is 7.59. The Morgan fingerprint density at radius 1 is 1.50 bits per heavy atom. The molecule has 6 nitrogen and oxygen atoms in total. The number of hydrogen-bond acceptors (Lipinski definition) is 5. The molecule has 120 valence electrons. The van der Waals surface area contributed by atoms with Crippen LogP contribution in [-0.2, 0) is 27.2 Å². The molecule has 2 aliphatic rings. The maximum absolute atomic E-state index is 11.7. The minimum Gasteiger partial charge on any atom is -0.466 e. The van der Waals surface area contributed by atoms with Crippen molar-refractivity contribution in [1.82, 2.24) is 14.5 Å². The summed E-state index contributed by atoms with van der Waals surface area (Å²) in [4.78, 5) is 18.7.